The van der Waals surface area contributed by atoms with Crippen LogP contribution in [0.5, 0.6) is 11.5 Å². The lowest BCUT2D eigenvalue weighted by molar-refractivity contribution is -0.384. The van der Waals surface area contributed by atoms with E-state index in [0.717, 1.165) is 5.56 Å². The van der Waals surface area contributed by atoms with Crippen molar-refractivity contribution in [3.05, 3.63) is 70.8 Å². The largest absolute Gasteiger partial charge is 0.493 e. The molecule has 0 aromatic heterocycles. The molecule has 7 heteroatoms. The van der Waals surface area contributed by atoms with Crippen molar-refractivity contribution >= 4 is 17.3 Å². The fraction of sp³-hybridized carbons (Fsp3) is 0.167. The van der Waals surface area contributed by atoms with Crippen LogP contribution in [0, 0.1) is 10.1 Å². The standard InChI is InChI=1S/C18H18N2O5/c1-3-4-13-5-10-16(17(11-13)24-2)25-12-18(21)19-14-6-8-15(9-7-14)20(22)23/h3,5-11H,1,4,12H2,2H3,(H,19,21). The van der Waals surface area contributed by atoms with Crippen molar-refractivity contribution in [3.63, 3.8) is 0 Å². The molecule has 0 aliphatic carbocycles. The van der Waals surface area contributed by atoms with Gasteiger partial charge in [-0.3, -0.25) is 14.9 Å². The van der Waals surface area contributed by atoms with E-state index in [4.69, 9.17) is 9.47 Å². The minimum atomic E-state index is -0.503. The van der Waals surface area contributed by atoms with Crippen LogP contribution in [0.2, 0.25) is 0 Å². The third-order valence-corrected chi connectivity index (χ3v) is 3.33. The zero-order valence-electron chi connectivity index (χ0n) is 13.7. The van der Waals surface area contributed by atoms with Crippen LogP contribution in [0.4, 0.5) is 11.4 Å². The van der Waals surface area contributed by atoms with Gasteiger partial charge >= 0.3 is 0 Å². The predicted octanol–water partition coefficient (Wildman–Crippen LogP) is 3.35. The van der Waals surface area contributed by atoms with Crippen LogP contribution in [0.25, 0.3) is 0 Å². The molecule has 25 heavy (non-hydrogen) atoms. The van der Waals surface area contributed by atoms with Gasteiger partial charge in [0.05, 0.1) is 12.0 Å². The molecule has 2 aromatic rings. The summed E-state index contributed by atoms with van der Waals surface area (Å²) in [5.41, 5.74) is 1.43. The molecule has 0 atom stereocenters. The maximum Gasteiger partial charge on any atom is 0.269 e. The number of methoxy groups -OCH3 is 1. The van der Waals surface area contributed by atoms with Gasteiger partial charge in [-0.1, -0.05) is 12.1 Å². The molecular formula is C18H18N2O5. The number of nitrogens with one attached hydrogen (secondary N) is 1. The average molecular weight is 342 g/mol. The maximum absolute atomic E-state index is 11.9. The van der Waals surface area contributed by atoms with Gasteiger partial charge in [-0.05, 0) is 36.2 Å². The Morgan fingerprint density at radius 1 is 1.24 bits per heavy atom. The van der Waals surface area contributed by atoms with Crippen molar-refractivity contribution in [3.8, 4) is 11.5 Å². The summed E-state index contributed by atoms with van der Waals surface area (Å²) in [6, 6.07) is 11.0. The Morgan fingerprint density at radius 3 is 2.56 bits per heavy atom. The number of hydrogen-bond acceptors (Lipinski definition) is 5. The van der Waals surface area contributed by atoms with Crippen molar-refractivity contribution < 1.29 is 19.2 Å². The molecule has 0 heterocycles. The molecule has 7 nitrogen and oxygen atoms in total. The Hall–Kier alpha value is -3.35. The molecule has 1 amide bonds. The van der Waals surface area contributed by atoms with Crippen LogP contribution in [0.1, 0.15) is 5.56 Å². The highest BCUT2D eigenvalue weighted by atomic mass is 16.6. The predicted molar refractivity (Wildman–Crippen MR) is 94.1 cm³/mol. The summed E-state index contributed by atoms with van der Waals surface area (Å²) in [6.45, 7) is 3.47. The number of allylic oxidation sites excluding steroid dienone is 1. The molecule has 0 saturated heterocycles. The smallest absolute Gasteiger partial charge is 0.269 e. The van der Waals surface area contributed by atoms with Crippen LogP contribution in [-0.2, 0) is 11.2 Å². The van der Waals surface area contributed by atoms with E-state index in [1.54, 1.807) is 12.1 Å². The van der Waals surface area contributed by atoms with Crippen molar-refractivity contribution in [1.29, 1.82) is 0 Å². The fourth-order valence-corrected chi connectivity index (χ4v) is 2.13. The second kappa shape index (κ2) is 8.49. The molecule has 0 aliphatic rings. The minimum absolute atomic E-state index is 0.0430. The van der Waals surface area contributed by atoms with Crippen molar-refractivity contribution in [2.45, 2.75) is 6.42 Å². The quantitative estimate of drug-likeness (QED) is 0.451. The Balaban J connectivity index is 1.95. The van der Waals surface area contributed by atoms with Crippen molar-refractivity contribution in [2.75, 3.05) is 19.0 Å². The normalized spacial score (nSPS) is 9.96. The van der Waals surface area contributed by atoms with Gasteiger partial charge in [-0.2, -0.15) is 0 Å². The van der Waals surface area contributed by atoms with E-state index in [1.807, 2.05) is 12.1 Å². The highest BCUT2D eigenvalue weighted by Gasteiger charge is 2.10. The summed E-state index contributed by atoms with van der Waals surface area (Å²) < 4.78 is 10.7. The zero-order valence-corrected chi connectivity index (χ0v) is 13.7. The van der Waals surface area contributed by atoms with Crippen molar-refractivity contribution in [1.82, 2.24) is 0 Å². The van der Waals surface area contributed by atoms with Gasteiger partial charge in [-0.15, -0.1) is 6.58 Å². The number of nitrogens with zero attached hydrogens (tertiary/aromatic N) is 1. The number of carbonyl (C=O) groups excluding carboxylic acids is 1. The second-order valence-corrected chi connectivity index (χ2v) is 5.12. The molecule has 0 spiro atoms. The van der Waals surface area contributed by atoms with Gasteiger partial charge < -0.3 is 14.8 Å². The summed E-state index contributed by atoms with van der Waals surface area (Å²) in [5.74, 6) is 0.600. The second-order valence-electron chi connectivity index (χ2n) is 5.12. The number of hydrogen-bond donors (Lipinski definition) is 1. The van der Waals surface area contributed by atoms with Gasteiger partial charge in [0.15, 0.2) is 18.1 Å². The summed E-state index contributed by atoms with van der Waals surface area (Å²) in [6.07, 6.45) is 2.49. The number of rotatable bonds is 8. The number of non-ortho nitro benzene ring substituents is 1. The molecule has 2 aromatic carbocycles. The third-order valence-electron chi connectivity index (χ3n) is 3.33. The summed E-state index contributed by atoms with van der Waals surface area (Å²) in [5, 5.41) is 13.2. The number of anilines is 1. The molecule has 0 aliphatic heterocycles. The van der Waals surface area contributed by atoms with Gasteiger partial charge in [0.2, 0.25) is 0 Å². The zero-order chi connectivity index (χ0) is 18.2. The molecule has 2 rings (SSSR count). The highest BCUT2D eigenvalue weighted by Crippen LogP contribution is 2.28. The SMILES string of the molecule is C=CCc1ccc(OCC(=O)Nc2ccc([N+](=O)[O-])cc2)c(OC)c1. The van der Waals surface area contributed by atoms with Crippen LogP contribution in [-0.4, -0.2) is 24.5 Å². The van der Waals surface area contributed by atoms with Gasteiger partial charge in [0.1, 0.15) is 0 Å². The van der Waals surface area contributed by atoms with Gasteiger partial charge in [0, 0.05) is 17.8 Å². The molecule has 130 valence electrons. The van der Waals surface area contributed by atoms with Crippen LogP contribution >= 0.6 is 0 Å². The average Bonchev–Trinajstić information content (AvgIpc) is 2.61. The Bertz CT molecular complexity index is 772. The lowest BCUT2D eigenvalue weighted by atomic mass is 10.1. The number of nitro benzene ring substituents is 1. The third kappa shape index (κ3) is 5.07. The molecule has 1 N–H and O–H groups in total. The monoisotopic (exact) mass is 342 g/mol. The molecule has 0 saturated carbocycles. The summed E-state index contributed by atoms with van der Waals surface area (Å²) in [7, 11) is 1.52. The number of ether oxygens (including phenoxy) is 2. The van der Waals surface area contributed by atoms with E-state index in [-0.39, 0.29) is 18.2 Å². The van der Waals surface area contributed by atoms with E-state index in [0.29, 0.717) is 23.6 Å². The van der Waals surface area contributed by atoms with E-state index >= 15 is 0 Å². The van der Waals surface area contributed by atoms with Crippen LogP contribution in [0.3, 0.4) is 0 Å². The molecule has 0 bridgehead atoms. The first-order chi connectivity index (χ1) is 12.0. The number of nitro groups is 1. The number of amides is 1. The van der Waals surface area contributed by atoms with Gasteiger partial charge in [-0.25, -0.2) is 0 Å². The van der Waals surface area contributed by atoms with Crippen molar-refractivity contribution in [2.24, 2.45) is 0 Å². The van der Waals surface area contributed by atoms with Crippen LogP contribution in [0.15, 0.2) is 55.1 Å². The summed E-state index contributed by atoms with van der Waals surface area (Å²) >= 11 is 0. The van der Waals surface area contributed by atoms with Gasteiger partial charge in [0.25, 0.3) is 11.6 Å². The molecule has 0 unspecified atom stereocenters. The number of benzene rings is 2. The topological polar surface area (TPSA) is 90.7 Å². The van der Waals surface area contributed by atoms with E-state index in [1.165, 1.54) is 31.4 Å². The molecule has 0 fully saturated rings. The Labute approximate surface area is 145 Å². The fourth-order valence-electron chi connectivity index (χ4n) is 2.13. The number of carbonyl (C=O) groups is 1. The van der Waals surface area contributed by atoms with E-state index < -0.39 is 4.92 Å². The Morgan fingerprint density at radius 2 is 1.96 bits per heavy atom. The first-order valence-corrected chi connectivity index (χ1v) is 7.48. The lowest BCUT2D eigenvalue weighted by Crippen LogP contribution is -2.20. The first-order valence-electron chi connectivity index (χ1n) is 7.48. The first kappa shape index (κ1) is 18.0. The Kier molecular flexibility index (Phi) is 6.11. The lowest BCUT2D eigenvalue weighted by Gasteiger charge is -2.12. The van der Waals surface area contributed by atoms with E-state index in [9.17, 15) is 14.9 Å². The molecule has 0 radical (unpaired) electrons. The maximum atomic E-state index is 11.9. The minimum Gasteiger partial charge on any atom is -0.493 e. The summed E-state index contributed by atoms with van der Waals surface area (Å²) in [4.78, 5) is 22.0. The van der Waals surface area contributed by atoms with E-state index in [2.05, 4.69) is 11.9 Å². The molecular weight excluding hydrogens is 324 g/mol. The highest BCUT2D eigenvalue weighted by molar-refractivity contribution is 5.92. The van der Waals surface area contributed by atoms with Crippen LogP contribution < -0.4 is 14.8 Å².